The summed E-state index contributed by atoms with van der Waals surface area (Å²) in [6.45, 7) is 21.4. The summed E-state index contributed by atoms with van der Waals surface area (Å²) in [7, 11) is 2.03. The first-order valence-corrected chi connectivity index (χ1v) is 22.1. The average Bonchev–Trinajstić information content (AvgIpc) is 3.77. The molecule has 0 radical (unpaired) electrons. The van der Waals surface area contributed by atoms with Gasteiger partial charge in [0.1, 0.15) is 11.6 Å². The van der Waals surface area contributed by atoms with Gasteiger partial charge >= 0.3 is 0 Å². The predicted octanol–water partition coefficient (Wildman–Crippen LogP) is 10.2. The van der Waals surface area contributed by atoms with E-state index in [0.29, 0.717) is 42.1 Å². The summed E-state index contributed by atoms with van der Waals surface area (Å²) in [4.78, 5) is 14.9. The number of hydrogen-bond acceptors (Lipinski definition) is 7. The van der Waals surface area contributed by atoms with Crippen LogP contribution in [-0.4, -0.2) is 61.4 Å². The lowest BCUT2D eigenvalue weighted by atomic mass is 9.87. The van der Waals surface area contributed by atoms with Crippen molar-refractivity contribution < 1.29 is 8.78 Å². The van der Waals surface area contributed by atoms with Crippen LogP contribution < -0.4 is 15.5 Å². The fraction of sp³-hybridized carbons (Fsp3) is 0.449. The number of nitrogens with zero attached hydrogens (tertiary/aromatic N) is 7. The number of benzene rings is 2. The van der Waals surface area contributed by atoms with Gasteiger partial charge in [-0.25, -0.2) is 13.8 Å². The largest absolute Gasteiger partial charge is 0.371 e. The van der Waals surface area contributed by atoms with E-state index in [4.69, 9.17) is 9.97 Å². The Hall–Kier alpha value is -5.29. The lowest BCUT2D eigenvalue weighted by Crippen LogP contribution is -2.47. The molecule has 0 aliphatic carbocycles. The SMILES string of the molecule is C=C1CC[C@H](c2c(F)cc(N3CCC(N4CCC(c5ccc6nc7n(c6c5)C[C@H](C)CCCCc5c(cnn5C)-c5cc(cc(C)n5)C(=C)N7)CC4)CC3)cc2F)C(=C)N1. The minimum Gasteiger partial charge on any atom is -0.371 e. The van der Waals surface area contributed by atoms with Crippen molar-refractivity contribution in [3.8, 4) is 11.3 Å². The maximum absolute atomic E-state index is 15.5. The summed E-state index contributed by atoms with van der Waals surface area (Å²) in [6.07, 6.45) is 11.7. The van der Waals surface area contributed by atoms with Crippen LogP contribution in [0.5, 0.6) is 0 Å². The van der Waals surface area contributed by atoms with Crippen LogP contribution in [0, 0.1) is 24.5 Å². The number of piperidine rings is 3. The Kier molecular flexibility index (Phi) is 11.1. The standard InChI is InChI=1S/C49H59F2N9/c1-30-9-7-8-10-46-41(28-52-57(46)6)45-24-37(23-32(3)54-45)33(4)55-49-56-44-14-12-36(25-47(44)60(49)29-30)35-15-19-58(20-16-35)38-17-21-59(22-18-38)39-26-42(50)48(43(51)27-39)40-13-11-31(2)53-34(40)5/h12,14,23-28,30,35,38,40,53H,2,4-5,7-11,13,15-22,29H2,1,3,6H3,(H,55,56)/t30-,40+/m1/s1. The normalized spacial score (nSPS) is 21.6. The van der Waals surface area contributed by atoms with Crippen molar-refractivity contribution >= 4 is 28.4 Å². The fourth-order valence-electron chi connectivity index (χ4n) is 10.4. The zero-order valence-corrected chi connectivity index (χ0v) is 35.5. The van der Waals surface area contributed by atoms with Gasteiger partial charge in [0.2, 0.25) is 5.95 Å². The van der Waals surface area contributed by atoms with Gasteiger partial charge in [-0.2, -0.15) is 5.10 Å². The molecule has 11 heteroatoms. The molecule has 3 fully saturated rings. The van der Waals surface area contributed by atoms with E-state index < -0.39 is 17.6 Å². The topological polar surface area (TPSA) is 79.1 Å². The second kappa shape index (κ2) is 16.6. The van der Waals surface area contributed by atoms with Crippen molar-refractivity contribution in [3.63, 3.8) is 0 Å². The molecule has 3 aromatic heterocycles. The van der Waals surface area contributed by atoms with Crippen molar-refractivity contribution in [1.82, 2.24) is 34.5 Å². The molecule has 9 nitrogen and oxygen atoms in total. The summed E-state index contributed by atoms with van der Waals surface area (Å²) in [5.74, 6) is 0.405. The Morgan fingerprint density at radius 2 is 1.58 bits per heavy atom. The molecular formula is C49H59F2N9. The van der Waals surface area contributed by atoms with Gasteiger partial charge in [-0.1, -0.05) is 39.1 Å². The third kappa shape index (κ3) is 8.00. The lowest BCUT2D eigenvalue weighted by molar-refractivity contribution is 0.132. The zero-order chi connectivity index (χ0) is 41.7. The highest BCUT2D eigenvalue weighted by atomic mass is 19.1. The van der Waals surface area contributed by atoms with E-state index in [2.05, 4.69) is 87.1 Å². The van der Waals surface area contributed by atoms with Crippen LogP contribution in [0.1, 0.15) is 105 Å². The summed E-state index contributed by atoms with van der Waals surface area (Å²) in [6, 6.07) is 14.6. The molecule has 0 spiro atoms. The minimum absolute atomic E-state index is 0.114. The molecule has 2 N–H and O–H groups in total. The molecule has 5 aromatic rings. The number of halogens is 2. The number of likely N-dealkylation sites (tertiary alicyclic amines) is 1. The molecule has 2 aromatic carbocycles. The van der Waals surface area contributed by atoms with Gasteiger partial charge in [-0.05, 0) is 132 Å². The van der Waals surface area contributed by atoms with Crippen LogP contribution in [0.15, 0.2) is 79.8 Å². The smallest absolute Gasteiger partial charge is 0.208 e. The van der Waals surface area contributed by atoms with Crippen LogP contribution in [0.2, 0.25) is 0 Å². The molecule has 3 saturated heterocycles. The Morgan fingerprint density at radius 1 is 0.817 bits per heavy atom. The molecule has 2 bridgehead atoms. The number of anilines is 2. The molecule has 9 rings (SSSR count). The van der Waals surface area contributed by atoms with Gasteiger partial charge in [-0.15, -0.1) is 0 Å². The van der Waals surface area contributed by atoms with Crippen LogP contribution in [0.25, 0.3) is 28.0 Å². The van der Waals surface area contributed by atoms with Gasteiger partial charge in [0.05, 0.1) is 22.9 Å². The molecule has 2 atom stereocenters. The summed E-state index contributed by atoms with van der Waals surface area (Å²) < 4.78 is 35.4. The average molecular weight is 812 g/mol. The van der Waals surface area contributed by atoms with Gasteiger partial charge in [0.15, 0.2) is 0 Å². The first-order chi connectivity index (χ1) is 29.0. The first kappa shape index (κ1) is 40.1. The second-order valence-corrected chi connectivity index (χ2v) is 18.0. The second-order valence-electron chi connectivity index (χ2n) is 18.0. The molecule has 314 valence electrons. The van der Waals surface area contributed by atoms with E-state index in [-0.39, 0.29) is 5.56 Å². The van der Waals surface area contributed by atoms with E-state index in [0.717, 1.165) is 129 Å². The number of imidazole rings is 1. The molecule has 4 aliphatic heterocycles. The zero-order valence-electron chi connectivity index (χ0n) is 35.5. The van der Waals surface area contributed by atoms with Crippen LogP contribution in [-0.2, 0) is 20.0 Å². The fourth-order valence-corrected chi connectivity index (χ4v) is 10.4. The number of hydrogen-bond donors (Lipinski definition) is 2. The monoisotopic (exact) mass is 811 g/mol. The van der Waals surface area contributed by atoms with Crippen molar-refractivity contribution in [1.29, 1.82) is 0 Å². The predicted molar refractivity (Wildman–Crippen MR) is 239 cm³/mol. The molecule has 0 saturated carbocycles. The molecule has 7 heterocycles. The number of rotatable bonds is 4. The summed E-state index contributed by atoms with van der Waals surface area (Å²) in [5, 5.41) is 11.3. The Bertz CT molecular complexity index is 2420. The van der Waals surface area contributed by atoms with Gasteiger partial charge in [0, 0.05) is 89.5 Å². The molecule has 0 amide bonds. The van der Waals surface area contributed by atoms with E-state index in [1.165, 1.54) is 28.9 Å². The Morgan fingerprint density at radius 3 is 2.33 bits per heavy atom. The van der Waals surface area contributed by atoms with Gasteiger partial charge < -0.3 is 25.0 Å². The van der Waals surface area contributed by atoms with Gasteiger partial charge in [0.25, 0.3) is 0 Å². The Balaban J connectivity index is 0.870. The van der Waals surface area contributed by atoms with E-state index in [1.54, 1.807) is 0 Å². The van der Waals surface area contributed by atoms with Crippen molar-refractivity contribution in [2.75, 3.05) is 36.4 Å². The number of allylic oxidation sites excluding steroid dienone is 2. The minimum atomic E-state index is -0.488. The van der Waals surface area contributed by atoms with Crippen molar-refractivity contribution in [2.24, 2.45) is 13.0 Å². The van der Waals surface area contributed by atoms with E-state index in [9.17, 15) is 0 Å². The van der Waals surface area contributed by atoms with Crippen molar-refractivity contribution in [2.45, 2.75) is 102 Å². The molecule has 0 unspecified atom stereocenters. The highest BCUT2D eigenvalue weighted by Crippen LogP contribution is 2.39. The molecule has 4 aliphatic rings. The van der Waals surface area contributed by atoms with E-state index >= 15 is 8.78 Å². The highest BCUT2D eigenvalue weighted by Gasteiger charge is 2.32. The van der Waals surface area contributed by atoms with Crippen LogP contribution in [0.4, 0.5) is 20.4 Å². The third-order valence-electron chi connectivity index (χ3n) is 13.8. The number of pyridine rings is 1. The quantitative estimate of drug-likeness (QED) is 0.187. The number of fused-ring (bicyclic) bond motifs is 7. The molecule has 60 heavy (non-hydrogen) atoms. The van der Waals surface area contributed by atoms with Gasteiger partial charge in [-0.3, -0.25) is 9.67 Å². The summed E-state index contributed by atoms with van der Waals surface area (Å²) in [5.41, 5.74) is 11.7. The van der Waals surface area contributed by atoms with Crippen LogP contribution >= 0.6 is 0 Å². The first-order valence-electron chi connectivity index (χ1n) is 22.1. The lowest BCUT2D eigenvalue weighted by Gasteiger charge is -2.42. The van der Waals surface area contributed by atoms with Crippen LogP contribution in [0.3, 0.4) is 0 Å². The highest BCUT2D eigenvalue weighted by molar-refractivity contribution is 5.83. The maximum Gasteiger partial charge on any atom is 0.208 e. The Labute approximate surface area is 353 Å². The summed E-state index contributed by atoms with van der Waals surface area (Å²) >= 11 is 0. The third-order valence-corrected chi connectivity index (χ3v) is 13.8. The number of nitrogens with one attached hydrogen (secondary N) is 2. The maximum atomic E-state index is 15.5. The number of aromatic nitrogens is 5. The van der Waals surface area contributed by atoms with E-state index in [1.807, 2.05) is 24.9 Å². The molecular weight excluding hydrogens is 753 g/mol. The van der Waals surface area contributed by atoms with Crippen molar-refractivity contribution in [3.05, 3.63) is 120 Å². The number of aryl methyl sites for hydroxylation is 2.